The van der Waals surface area contributed by atoms with E-state index in [4.69, 9.17) is 10.8 Å². The fourth-order valence-electron chi connectivity index (χ4n) is 1.51. The van der Waals surface area contributed by atoms with Crippen molar-refractivity contribution in [2.24, 2.45) is 0 Å². The molecule has 0 aliphatic heterocycles. The average Bonchev–Trinajstić information content (AvgIpc) is 2.31. The zero-order chi connectivity index (χ0) is 12.8. The van der Waals surface area contributed by atoms with Gasteiger partial charge in [-0.3, -0.25) is 4.79 Å². The van der Waals surface area contributed by atoms with Crippen molar-refractivity contribution in [1.29, 1.82) is 0 Å². The summed E-state index contributed by atoms with van der Waals surface area (Å²) in [5.41, 5.74) is 6.71. The molecule has 17 heavy (non-hydrogen) atoms. The molecule has 0 aromatic heterocycles. The maximum atomic E-state index is 12.0. The standard InChI is InChI=1S/C12H17BrN2O2/c1-2-9(5-6-16)15-12(17)10-7-8(14)3-4-11(10)13/h3-4,7,9,16H,2,5-6,14H2,1H3,(H,15,17). The Morgan fingerprint density at radius 2 is 2.29 bits per heavy atom. The van der Waals surface area contributed by atoms with Gasteiger partial charge in [-0.1, -0.05) is 6.92 Å². The van der Waals surface area contributed by atoms with Gasteiger partial charge in [-0.2, -0.15) is 0 Å². The largest absolute Gasteiger partial charge is 0.399 e. The summed E-state index contributed by atoms with van der Waals surface area (Å²) in [4.78, 5) is 12.0. The number of nitrogens with two attached hydrogens (primary N) is 1. The predicted octanol–water partition coefficient (Wildman–Crippen LogP) is 1.92. The molecule has 0 heterocycles. The van der Waals surface area contributed by atoms with Gasteiger partial charge in [-0.05, 0) is 47.0 Å². The van der Waals surface area contributed by atoms with Crippen molar-refractivity contribution in [3.05, 3.63) is 28.2 Å². The quantitative estimate of drug-likeness (QED) is 0.727. The molecule has 1 amide bonds. The summed E-state index contributed by atoms with van der Waals surface area (Å²) < 4.78 is 0.711. The number of aliphatic hydroxyl groups is 1. The van der Waals surface area contributed by atoms with Crippen LogP contribution in [0.1, 0.15) is 30.1 Å². The first kappa shape index (κ1) is 14.0. The molecule has 1 rings (SSSR count). The smallest absolute Gasteiger partial charge is 0.252 e. The van der Waals surface area contributed by atoms with Crippen molar-refractivity contribution in [1.82, 2.24) is 5.32 Å². The Balaban J connectivity index is 2.78. The Hall–Kier alpha value is -1.07. The summed E-state index contributed by atoms with van der Waals surface area (Å²) in [6.45, 7) is 2.03. The second-order valence-corrected chi connectivity index (χ2v) is 4.68. The monoisotopic (exact) mass is 300 g/mol. The zero-order valence-electron chi connectivity index (χ0n) is 9.74. The van der Waals surface area contributed by atoms with E-state index >= 15 is 0 Å². The number of halogens is 1. The normalized spacial score (nSPS) is 12.2. The van der Waals surface area contributed by atoms with Crippen molar-refractivity contribution in [3.8, 4) is 0 Å². The minimum absolute atomic E-state index is 0.0131. The third-order valence-corrected chi connectivity index (χ3v) is 3.23. The number of hydrogen-bond donors (Lipinski definition) is 3. The third kappa shape index (κ3) is 4.02. The number of amides is 1. The molecule has 0 fully saturated rings. The van der Waals surface area contributed by atoms with E-state index in [0.717, 1.165) is 6.42 Å². The second-order valence-electron chi connectivity index (χ2n) is 3.83. The van der Waals surface area contributed by atoms with Crippen LogP contribution in [0.5, 0.6) is 0 Å². The van der Waals surface area contributed by atoms with Crippen LogP contribution in [0.3, 0.4) is 0 Å². The molecular weight excluding hydrogens is 284 g/mol. The van der Waals surface area contributed by atoms with Gasteiger partial charge in [-0.25, -0.2) is 0 Å². The van der Waals surface area contributed by atoms with Gasteiger partial charge in [0.2, 0.25) is 0 Å². The van der Waals surface area contributed by atoms with E-state index in [1.807, 2.05) is 6.92 Å². The molecular formula is C12H17BrN2O2. The highest BCUT2D eigenvalue weighted by Crippen LogP contribution is 2.19. The van der Waals surface area contributed by atoms with Crippen LogP contribution < -0.4 is 11.1 Å². The molecule has 1 aromatic carbocycles. The van der Waals surface area contributed by atoms with Gasteiger partial charge in [-0.15, -0.1) is 0 Å². The number of nitrogen functional groups attached to an aromatic ring is 1. The third-order valence-electron chi connectivity index (χ3n) is 2.54. The fraction of sp³-hybridized carbons (Fsp3) is 0.417. The summed E-state index contributed by atoms with van der Waals surface area (Å²) in [5, 5.41) is 11.7. The number of benzene rings is 1. The SMILES string of the molecule is CCC(CCO)NC(=O)c1cc(N)ccc1Br. The molecule has 0 saturated heterocycles. The maximum Gasteiger partial charge on any atom is 0.252 e. The molecule has 94 valence electrons. The number of anilines is 1. The van der Waals surface area contributed by atoms with Crippen LogP contribution in [0, 0.1) is 0 Å². The van der Waals surface area contributed by atoms with Crippen LogP contribution >= 0.6 is 15.9 Å². The lowest BCUT2D eigenvalue weighted by Gasteiger charge is -2.16. The van der Waals surface area contributed by atoms with E-state index in [0.29, 0.717) is 22.1 Å². The minimum Gasteiger partial charge on any atom is -0.399 e. The van der Waals surface area contributed by atoms with Crippen LogP contribution in [0.25, 0.3) is 0 Å². The molecule has 1 atom stereocenters. The summed E-state index contributed by atoms with van der Waals surface area (Å²) in [6.07, 6.45) is 1.34. The number of aliphatic hydroxyl groups excluding tert-OH is 1. The Kier molecular flexibility index (Phi) is 5.44. The van der Waals surface area contributed by atoms with Gasteiger partial charge in [0.1, 0.15) is 0 Å². The Bertz CT molecular complexity index is 396. The van der Waals surface area contributed by atoms with E-state index in [2.05, 4.69) is 21.2 Å². The Morgan fingerprint density at radius 3 is 2.88 bits per heavy atom. The number of hydrogen-bond acceptors (Lipinski definition) is 3. The lowest BCUT2D eigenvalue weighted by atomic mass is 10.1. The molecule has 0 aliphatic rings. The number of nitrogens with one attached hydrogen (secondary N) is 1. The Labute approximate surface area is 109 Å². The van der Waals surface area contributed by atoms with E-state index in [9.17, 15) is 4.79 Å². The van der Waals surface area contributed by atoms with Crippen LogP contribution in [-0.2, 0) is 0 Å². The van der Waals surface area contributed by atoms with Crippen molar-refractivity contribution < 1.29 is 9.90 Å². The van der Waals surface area contributed by atoms with Gasteiger partial charge >= 0.3 is 0 Å². The average molecular weight is 301 g/mol. The molecule has 0 aliphatic carbocycles. The van der Waals surface area contributed by atoms with Crippen LogP contribution in [0.15, 0.2) is 22.7 Å². The Morgan fingerprint density at radius 1 is 1.59 bits per heavy atom. The van der Waals surface area contributed by atoms with Crippen molar-refractivity contribution in [3.63, 3.8) is 0 Å². The first-order valence-corrected chi connectivity index (χ1v) is 6.34. The summed E-state index contributed by atoms with van der Waals surface area (Å²) in [7, 11) is 0. The second kappa shape index (κ2) is 6.61. The highest BCUT2D eigenvalue weighted by Gasteiger charge is 2.14. The summed E-state index contributed by atoms with van der Waals surface area (Å²) in [5.74, 6) is -0.176. The number of rotatable bonds is 5. The van der Waals surface area contributed by atoms with E-state index in [1.54, 1.807) is 18.2 Å². The molecule has 1 unspecified atom stereocenters. The van der Waals surface area contributed by atoms with E-state index in [-0.39, 0.29) is 18.6 Å². The molecule has 0 bridgehead atoms. The molecule has 4 N–H and O–H groups in total. The van der Waals surface area contributed by atoms with Gasteiger partial charge in [0, 0.05) is 22.8 Å². The van der Waals surface area contributed by atoms with Crippen molar-refractivity contribution in [2.75, 3.05) is 12.3 Å². The number of carbonyl (C=O) groups excluding carboxylic acids is 1. The van der Waals surface area contributed by atoms with Gasteiger partial charge in [0.05, 0.1) is 5.56 Å². The molecule has 0 saturated carbocycles. The first-order chi connectivity index (χ1) is 8.08. The van der Waals surface area contributed by atoms with Crippen LogP contribution in [0.2, 0.25) is 0 Å². The molecule has 0 spiro atoms. The molecule has 5 heteroatoms. The van der Waals surface area contributed by atoms with Crippen molar-refractivity contribution in [2.45, 2.75) is 25.8 Å². The van der Waals surface area contributed by atoms with Crippen LogP contribution in [0.4, 0.5) is 5.69 Å². The minimum atomic E-state index is -0.176. The number of carbonyl (C=O) groups is 1. The lowest BCUT2D eigenvalue weighted by Crippen LogP contribution is -2.35. The fourth-order valence-corrected chi connectivity index (χ4v) is 1.94. The van der Waals surface area contributed by atoms with Crippen molar-refractivity contribution >= 4 is 27.5 Å². The summed E-state index contributed by atoms with van der Waals surface area (Å²) >= 11 is 3.32. The zero-order valence-corrected chi connectivity index (χ0v) is 11.3. The van der Waals surface area contributed by atoms with E-state index in [1.165, 1.54) is 0 Å². The maximum absolute atomic E-state index is 12.0. The summed E-state index contributed by atoms with van der Waals surface area (Å²) in [6, 6.07) is 5.09. The lowest BCUT2D eigenvalue weighted by molar-refractivity contribution is 0.0928. The first-order valence-electron chi connectivity index (χ1n) is 5.55. The van der Waals surface area contributed by atoms with E-state index < -0.39 is 0 Å². The highest BCUT2D eigenvalue weighted by atomic mass is 79.9. The van der Waals surface area contributed by atoms with Gasteiger partial charge < -0.3 is 16.2 Å². The molecule has 1 aromatic rings. The molecule has 0 radical (unpaired) electrons. The molecule has 4 nitrogen and oxygen atoms in total. The predicted molar refractivity (Wildman–Crippen MR) is 71.8 cm³/mol. The topological polar surface area (TPSA) is 75.3 Å². The highest BCUT2D eigenvalue weighted by molar-refractivity contribution is 9.10. The van der Waals surface area contributed by atoms with Gasteiger partial charge in [0.25, 0.3) is 5.91 Å². The van der Waals surface area contributed by atoms with Gasteiger partial charge in [0.15, 0.2) is 0 Å². The van der Waals surface area contributed by atoms with Crippen LogP contribution in [-0.4, -0.2) is 23.7 Å².